The number of halogens is 4. The number of hydrogen-bond acceptors (Lipinski definition) is 4. The molecule has 1 atom stereocenters. The average molecular weight is 425 g/mol. The number of carbonyl (C=O) groups is 1. The van der Waals surface area contributed by atoms with Gasteiger partial charge in [0, 0.05) is 15.4 Å². The second-order valence-corrected chi connectivity index (χ2v) is 7.09. The molecule has 0 saturated carbocycles. The molecule has 4 nitrogen and oxygen atoms in total. The predicted octanol–water partition coefficient (Wildman–Crippen LogP) is 3.67. The lowest BCUT2D eigenvalue weighted by Gasteiger charge is -2.15. The molecule has 9 heteroatoms. The Morgan fingerprint density at radius 1 is 1.39 bits per heavy atom. The number of thiazole rings is 1. The minimum Gasteiger partial charge on any atom is -0.327 e. The molecule has 0 aliphatic heterocycles. The summed E-state index contributed by atoms with van der Waals surface area (Å²) in [5, 5.41) is 2.80. The van der Waals surface area contributed by atoms with Gasteiger partial charge in [-0.25, -0.2) is 13.8 Å². The maximum Gasteiger partial charge on any atom is 0.263 e. The first kappa shape index (κ1) is 18.3. The summed E-state index contributed by atoms with van der Waals surface area (Å²) >= 11 is 4.27. The van der Waals surface area contributed by atoms with Crippen molar-refractivity contribution in [1.82, 2.24) is 4.98 Å². The molecule has 1 aromatic carbocycles. The Bertz CT molecular complexity index is 733. The number of carbonyl (C=O) groups excluding carboxylic acids is 1. The second kappa shape index (κ2) is 7.21. The smallest absolute Gasteiger partial charge is 0.263 e. The van der Waals surface area contributed by atoms with Crippen LogP contribution in [0.4, 0.5) is 13.9 Å². The lowest BCUT2D eigenvalue weighted by molar-refractivity contribution is 0.101. The molecular formula is C14H13BrClF2N3OS. The first-order chi connectivity index (χ1) is 10.4. The van der Waals surface area contributed by atoms with Gasteiger partial charge in [-0.05, 0) is 31.4 Å². The number of nitrogens with one attached hydrogen (secondary N) is 1. The van der Waals surface area contributed by atoms with Crippen molar-refractivity contribution >= 4 is 50.7 Å². The van der Waals surface area contributed by atoms with E-state index in [0.717, 1.165) is 35.5 Å². The van der Waals surface area contributed by atoms with Crippen LogP contribution in [0.3, 0.4) is 0 Å². The first-order valence-corrected chi connectivity index (χ1v) is 8.25. The molecule has 0 radical (unpaired) electrons. The fourth-order valence-electron chi connectivity index (χ4n) is 2.37. The number of benzene rings is 1. The Morgan fingerprint density at radius 3 is 2.70 bits per heavy atom. The van der Waals surface area contributed by atoms with Gasteiger partial charge in [-0.3, -0.25) is 10.1 Å². The Morgan fingerprint density at radius 2 is 2.04 bits per heavy atom. The van der Waals surface area contributed by atoms with Crippen LogP contribution in [0.25, 0.3) is 0 Å². The van der Waals surface area contributed by atoms with E-state index in [1.165, 1.54) is 11.3 Å². The van der Waals surface area contributed by atoms with Crippen molar-refractivity contribution in [3.63, 3.8) is 0 Å². The third kappa shape index (κ3) is 3.88. The highest BCUT2D eigenvalue weighted by molar-refractivity contribution is 9.10. The van der Waals surface area contributed by atoms with Crippen LogP contribution in [-0.4, -0.2) is 16.9 Å². The van der Waals surface area contributed by atoms with Crippen LogP contribution in [0.5, 0.6) is 0 Å². The molecule has 1 aromatic heterocycles. The van der Waals surface area contributed by atoms with Gasteiger partial charge in [0.25, 0.3) is 5.91 Å². The van der Waals surface area contributed by atoms with E-state index in [2.05, 4.69) is 26.2 Å². The van der Waals surface area contributed by atoms with Crippen LogP contribution in [0, 0.1) is 11.6 Å². The first-order valence-electron chi connectivity index (χ1n) is 6.64. The van der Waals surface area contributed by atoms with Gasteiger partial charge in [-0.1, -0.05) is 15.9 Å². The zero-order valence-corrected chi connectivity index (χ0v) is 15.0. The van der Waals surface area contributed by atoms with Gasteiger partial charge in [-0.15, -0.1) is 23.7 Å². The zero-order valence-electron chi connectivity index (χ0n) is 11.7. The van der Waals surface area contributed by atoms with Crippen LogP contribution < -0.4 is 11.1 Å². The third-order valence-corrected chi connectivity index (χ3v) is 4.93. The maximum absolute atomic E-state index is 13.8. The van der Waals surface area contributed by atoms with Crippen LogP contribution in [0.1, 0.15) is 27.3 Å². The molecule has 1 amide bonds. The van der Waals surface area contributed by atoms with E-state index >= 15 is 0 Å². The standard InChI is InChI=1S/C14H12BrF2N3OS.ClH/c15-6-3-8(16)12(9(17)4-6)13(21)20-14-19-10-2-1-7(18)5-11(10)22-14;/h3-4,7H,1-2,5,18H2,(H,19,20,21);1H/t7-;/m0./s1. The molecule has 1 aliphatic carbocycles. The second-order valence-electron chi connectivity index (χ2n) is 5.09. The summed E-state index contributed by atoms with van der Waals surface area (Å²) in [4.78, 5) is 17.4. The number of anilines is 1. The van der Waals surface area contributed by atoms with Gasteiger partial charge in [0.05, 0.1) is 5.69 Å². The van der Waals surface area contributed by atoms with E-state index in [4.69, 9.17) is 5.73 Å². The van der Waals surface area contributed by atoms with Crippen molar-refractivity contribution in [3.8, 4) is 0 Å². The topological polar surface area (TPSA) is 68.0 Å². The summed E-state index contributed by atoms with van der Waals surface area (Å²) in [5.74, 6) is -2.70. The molecule has 1 aliphatic rings. The number of amides is 1. The minimum absolute atomic E-state index is 0. The third-order valence-electron chi connectivity index (χ3n) is 3.43. The summed E-state index contributed by atoms with van der Waals surface area (Å²) in [5.41, 5.74) is 6.18. The van der Waals surface area contributed by atoms with Gasteiger partial charge < -0.3 is 5.73 Å². The number of nitrogens with two attached hydrogens (primary N) is 1. The van der Waals surface area contributed by atoms with Crippen molar-refractivity contribution in [2.24, 2.45) is 5.73 Å². The number of fused-ring (bicyclic) bond motifs is 1. The van der Waals surface area contributed by atoms with Crippen molar-refractivity contribution in [3.05, 3.63) is 44.4 Å². The van der Waals surface area contributed by atoms with Gasteiger partial charge in [0.15, 0.2) is 5.13 Å². The van der Waals surface area contributed by atoms with Gasteiger partial charge in [-0.2, -0.15) is 0 Å². The molecule has 0 fully saturated rings. The van der Waals surface area contributed by atoms with E-state index in [-0.39, 0.29) is 22.9 Å². The summed E-state index contributed by atoms with van der Waals surface area (Å²) in [6.45, 7) is 0. The molecule has 3 N–H and O–H groups in total. The molecule has 0 bridgehead atoms. The highest BCUT2D eigenvalue weighted by atomic mass is 79.9. The lowest BCUT2D eigenvalue weighted by Crippen LogP contribution is -2.27. The zero-order chi connectivity index (χ0) is 15.9. The van der Waals surface area contributed by atoms with E-state index in [9.17, 15) is 13.6 Å². The number of aryl methyl sites for hydroxylation is 1. The minimum atomic E-state index is -0.923. The summed E-state index contributed by atoms with van der Waals surface area (Å²) in [7, 11) is 0. The van der Waals surface area contributed by atoms with Crippen molar-refractivity contribution in [2.45, 2.75) is 25.3 Å². The quantitative estimate of drug-likeness (QED) is 0.773. The fourth-order valence-corrected chi connectivity index (χ4v) is 3.87. The Kier molecular flexibility index (Phi) is 5.72. The predicted molar refractivity (Wildman–Crippen MR) is 91.4 cm³/mol. The van der Waals surface area contributed by atoms with Gasteiger partial charge in [0.1, 0.15) is 17.2 Å². The molecule has 0 unspecified atom stereocenters. The molecule has 1 heterocycles. The van der Waals surface area contributed by atoms with Crippen LogP contribution in [-0.2, 0) is 12.8 Å². The van der Waals surface area contributed by atoms with E-state index in [1.807, 2.05) is 0 Å². The number of rotatable bonds is 2. The maximum atomic E-state index is 13.8. The summed E-state index contributed by atoms with van der Waals surface area (Å²) in [6.07, 6.45) is 2.31. The highest BCUT2D eigenvalue weighted by Gasteiger charge is 2.23. The Balaban J connectivity index is 0.00000192. The van der Waals surface area contributed by atoms with E-state index < -0.39 is 23.1 Å². The van der Waals surface area contributed by atoms with Gasteiger partial charge in [0.2, 0.25) is 0 Å². The normalized spacial score (nSPS) is 16.4. The molecule has 23 heavy (non-hydrogen) atoms. The molecule has 0 saturated heterocycles. The monoisotopic (exact) mass is 423 g/mol. The van der Waals surface area contributed by atoms with Gasteiger partial charge >= 0.3 is 0 Å². The molecule has 3 rings (SSSR count). The van der Waals surface area contributed by atoms with Crippen LogP contribution in [0.2, 0.25) is 0 Å². The average Bonchev–Trinajstić information content (AvgIpc) is 2.78. The lowest BCUT2D eigenvalue weighted by atomic mass is 9.99. The van der Waals surface area contributed by atoms with Crippen molar-refractivity contribution in [1.29, 1.82) is 0 Å². The molecule has 0 spiro atoms. The van der Waals surface area contributed by atoms with E-state index in [1.54, 1.807) is 0 Å². The largest absolute Gasteiger partial charge is 0.327 e. The Hall–Kier alpha value is -1.09. The SMILES string of the molecule is Cl.N[C@H]1CCc2nc(NC(=O)c3c(F)cc(Br)cc3F)sc2C1. The molecule has 124 valence electrons. The van der Waals surface area contributed by atoms with Crippen molar-refractivity contribution in [2.75, 3.05) is 5.32 Å². The van der Waals surface area contributed by atoms with Crippen LogP contribution >= 0.6 is 39.7 Å². The summed E-state index contributed by atoms with van der Waals surface area (Å²) in [6, 6.07) is 2.19. The number of nitrogens with zero attached hydrogens (tertiary/aromatic N) is 1. The molecular weight excluding hydrogens is 412 g/mol. The molecule has 2 aromatic rings. The number of hydrogen-bond donors (Lipinski definition) is 2. The van der Waals surface area contributed by atoms with Crippen molar-refractivity contribution < 1.29 is 13.6 Å². The van der Waals surface area contributed by atoms with E-state index in [0.29, 0.717) is 11.6 Å². The number of aromatic nitrogens is 1. The fraction of sp³-hybridized carbons (Fsp3) is 0.286. The van der Waals surface area contributed by atoms with Crippen LogP contribution in [0.15, 0.2) is 16.6 Å². The summed E-state index contributed by atoms with van der Waals surface area (Å²) < 4.78 is 27.8. The Labute approximate surface area is 150 Å². The highest BCUT2D eigenvalue weighted by Crippen LogP contribution is 2.30.